The molecule has 3 aromatic carbocycles. The van der Waals surface area contributed by atoms with E-state index in [0.29, 0.717) is 5.92 Å². The number of amides is 1. The Morgan fingerprint density at radius 2 is 1.56 bits per heavy atom. The van der Waals surface area contributed by atoms with E-state index in [1.165, 1.54) is 27.8 Å². The van der Waals surface area contributed by atoms with E-state index in [1.807, 2.05) is 6.07 Å². The molecule has 1 amide bonds. The summed E-state index contributed by atoms with van der Waals surface area (Å²) in [7, 11) is 0. The molecule has 3 nitrogen and oxygen atoms in total. The molecule has 134 valence electrons. The largest absolute Gasteiger partial charge is 0.482 e. The topological polar surface area (TPSA) is 38.3 Å². The standard InChI is InChI=1S/C24H21NO2/c26-24-15-27-23-12-9-16(14-22(23)25-24)13-21-19-7-3-1-5-17(19)10-11-18-6-2-4-8-20(18)21/h1-9,12,14,21H,10-11,13,15H2,(H,25,26). The van der Waals surface area contributed by atoms with Crippen molar-refractivity contribution in [2.24, 2.45) is 0 Å². The van der Waals surface area contributed by atoms with E-state index >= 15 is 0 Å². The van der Waals surface area contributed by atoms with Crippen LogP contribution in [0.15, 0.2) is 66.7 Å². The molecule has 1 aliphatic carbocycles. The molecule has 2 aliphatic rings. The highest BCUT2D eigenvalue weighted by Gasteiger charge is 2.24. The zero-order valence-corrected chi connectivity index (χ0v) is 15.1. The average Bonchev–Trinajstić information content (AvgIpc) is 2.85. The Balaban J connectivity index is 1.57. The predicted octanol–water partition coefficient (Wildman–Crippen LogP) is 4.49. The van der Waals surface area contributed by atoms with Gasteiger partial charge in [-0.2, -0.15) is 0 Å². The van der Waals surface area contributed by atoms with E-state index in [0.717, 1.165) is 30.7 Å². The molecule has 0 saturated carbocycles. The molecular weight excluding hydrogens is 334 g/mol. The van der Waals surface area contributed by atoms with Gasteiger partial charge >= 0.3 is 0 Å². The lowest BCUT2D eigenvalue weighted by atomic mass is 9.83. The Morgan fingerprint density at radius 1 is 0.889 bits per heavy atom. The van der Waals surface area contributed by atoms with E-state index in [-0.39, 0.29) is 12.5 Å². The summed E-state index contributed by atoms with van der Waals surface area (Å²) >= 11 is 0. The number of rotatable bonds is 2. The van der Waals surface area contributed by atoms with Crippen LogP contribution in [0, 0.1) is 0 Å². The molecule has 1 heterocycles. The summed E-state index contributed by atoms with van der Waals surface area (Å²) in [6.45, 7) is 0.0930. The third-order valence-electron chi connectivity index (χ3n) is 5.64. The smallest absolute Gasteiger partial charge is 0.262 e. The number of ether oxygens (including phenoxy) is 1. The molecule has 0 bridgehead atoms. The fourth-order valence-corrected chi connectivity index (χ4v) is 4.35. The number of hydrogen-bond donors (Lipinski definition) is 1. The highest BCUT2D eigenvalue weighted by atomic mass is 16.5. The number of nitrogens with one attached hydrogen (secondary N) is 1. The van der Waals surface area contributed by atoms with Gasteiger partial charge in [0.2, 0.25) is 0 Å². The summed E-state index contributed by atoms with van der Waals surface area (Å²) in [6.07, 6.45) is 3.06. The molecular formula is C24H21NO2. The Bertz CT molecular complexity index is 977. The van der Waals surface area contributed by atoms with Gasteiger partial charge in [0.05, 0.1) is 5.69 Å². The van der Waals surface area contributed by atoms with Crippen LogP contribution in [0.3, 0.4) is 0 Å². The number of aryl methyl sites for hydroxylation is 2. The Morgan fingerprint density at radius 3 is 2.26 bits per heavy atom. The summed E-state index contributed by atoms with van der Waals surface area (Å²) in [5.74, 6) is 0.975. The van der Waals surface area contributed by atoms with E-state index < -0.39 is 0 Å². The quantitative estimate of drug-likeness (QED) is 0.735. The van der Waals surface area contributed by atoms with Gasteiger partial charge < -0.3 is 10.1 Å². The Hall–Kier alpha value is -3.07. The maximum absolute atomic E-state index is 11.7. The van der Waals surface area contributed by atoms with Gasteiger partial charge in [0.15, 0.2) is 6.61 Å². The van der Waals surface area contributed by atoms with Gasteiger partial charge in [-0.1, -0.05) is 54.6 Å². The predicted molar refractivity (Wildman–Crippen MR) is 106 cm³/mol. The van der Waals surface area contributed by atoms with Crippen molar-refractivity contribution >= 4 is 11.6 Å². The highest BCUT2D eigenvalue weighted by Crippen LogP contribution is 2.38. The molecule has 0 atom stereocenters. The monoisotopic (exact) mass is 355 g/mol. The van der Waals surface area contributed by atoms with Crippen molar-refractivity contribution in [1.29, 1.82) is 0 Å². The highest BCUT2D eigenvalue weighted by molar-refractivity contribution is 5.95. The fourth-order valence-electron chi connectivity index (χ4n) is 4.35. The Kier molecular flexibility index (Phi) is 3.93. The van der Waals surface area contributed by atoms with Gasteiger partial charge in [-0.15, -0.1) is 0 Å². The first-order chi connectivity index (χ1) is 13.3. The van der Waals surface area contributed by atoms with Crippen molar-refractivity contribution in [1.82, 2.24) is 0 Å². The number of fused-ring (bicyclic) bond motifs is 3. The second kappa shape index (κ2) is 6.58. The van der Waals surface area contributed by atoms with E-state index in [9.17, 15) is 4.79 Å². The molecule has 0 aromatic heterocycles. The van der Waals surface area contributed by atoms with Crippen LogP contribution in [0.2, 0.25) is 0 Å². The van der Waals surface area contributed by atoms with Crippen molar-refractivity contribution in [2.75, 3.05) is 11.9 Å². The van der Waals surface area contributed by atoms with Crippen LogP contribution in [0.4, 0.5) is 5.69 Å². The van der Waals surface area contributed by atoms with Crippen LogP contribution in [-0.2, 0) is 24.1 Å². The number of anilines is 1. The molecule has 0 spiro atoms. The number of carbonyl (C=O) groups is 1. The minimum Gasteiger partial charge on any atom is -0.482 e. The number of carbonyl (C=O) groups excluding carboxylic acids is 1. The van der Waals surface area contributed by atoms with Crippen LogP contribution in [0.1, 0.15) is 33.7 Å². The lowest BCUT2D eigenvalue weighted by Crippen LogP contribution is -2.25. The third-order valence-corrected chi connectivity index (χ3v) is 5.64. The molecule has 0 unspecified atom stereocenters. The van der Waals surface area contributed by atoms with Gasteiger partial charge in [0.25, 0.3) is 5.91 Å². The van der Waals surface area contributed by atoms with Gasteiger partial charge in [0, 0.05) is 5.92 Å². The van der Waals surface area contributed by atoms with Crippen molar-refractivity contribution in [3.63, 3.8) is 0 Å². The lowest BCUT2D eigenvalue weighted by Gasteiger charge is -2.22. The number of benzene rings is 3. The molecule has 1 N–H and O–H groups in total. The van der Waals surface area contributed by atoms with Crippen molar-refractivity contribution in [2.45, 2.75) is 25.2 Å². The van der Waals surface area contributed by atoms with E-state index in [1.54, 1.807) is 0 Å². The maximum Gasteiger partial charge on any atom is 0.262 e. The van der Waals surface area contributed by atoms with Gasteiger partial charge in [-0.3, -0.25) is 4.79 Å². The van der Waals surface area contributed by atoms with Crippen molar-refractivity contribution < 1.29 is 9.53 Å². The summed E-state index contributed by atoms with van der Waals surface area (Å²) < 4.78 is 5.50. The SMILES string of the molecule is O=C1COc2ccc(CC3c4ccccc4CCc4ccccc43)cc2N1. The molecule has 0 radical (unpaired) electrons. The molecule has 3 heteroatoms. The van der Waals surface area contributed by atoms with Crippen molar-refractivity contribution in [3.8, 4) is 5.75 Å². The van der Waals surface area contributed by atoms with Gasteiger partial charge in [-0.25, -0.2) is 0 Å². The fraction of sp³-hybridized carbons (Fsp3) is 0.208. The first-order valence-corrected chi connectivity index (χ1v) is 9.49. The number of hydrogen-bond acceptors (Lipinski definition) is 2. The summed E-state index contributed by atoms with van der Waals surface area (Å²) in [6, 6.07) is 23.8. The van der Waals surface area contributed by atoms with Crippen LogP contribution >= 0.6 is 0 Å². The van der Waals surface area contributed by atoms with Crippen LogP contribution < -0.4 is 10.1 Å². The van der Waals surface area contributed by atoms with Gasteiger partial charge in [-0.05, 0) is 59.2 Å². The minimum atomic E-state index is -0.0928. The molecule has 1 aliphatic heterocycles. The zero-order valence-electron chi connectivity index (χ0n) is 15.1. The molecule has 3 aromatic rings. The minimum absolute atomic E-state index is 0.0928. The molecule has 0 saturated heterocycles. The third kappa shape index (κ3) is 2.99. The Labute approximate surface area is 159 Å². The lowest BCUT2D eigenvalue weighted by molar-refractivity contribution is -0.118. The second-order valence-electron chi connectivity index (χ2n) is 7.32. The van der Waals surface area contributed by atoms with Gasteiger partial charge in [0.1, 0.15) is 5.75 Å². The zero-order chi connectivity index (χ0) is 18.2. The molecule has 5 rings (SSSR count). The first-order valence-electron chi connectivity index (χ1n) is 9.49. The normalized spacial score (nSPS) is 15.6. The maximum atomic E-state index is 11.7. The average molecular weight is 355 g/mol. The van der Waals surface area contributed by atoms with Crippen LogP contribution in [0.25, 0.3) is 0 Å². The van der Waals surface area contributed by atoms with E-state index in [2.05, 4.69) is 66.0 Å². The molecule has 27 heavy (non-hydrogen) atoms. The summed E-state index contributed by atoms with van der Waals surface area (Å²) in [5, 5.41) is 2.92. The molecule has 0 fully saturated rings. The van der Waals surface area contributed by atoms with Crippen LogP contribution in [-0.4, -0.2) is 12.5 Å². The second-order valence-corrected chi connectivity index (χ2v) is 7.32. The first kappa shape index (κ1) is 16.1. The van der Waals surface area contributed by atoms with E-state index in [4.69, 9.17) is 4.74 Å². The summed E-state index contributed by atoms with van der Waals surface area (Å²) in [5.41, 5.74) is 7.69. The van der Waals surface area contributed by atoms with Crippen molar-refractivity contribution in [3.05, 3.63) is 94.5 Å². The van der Waals surface area contributed by atoms with Crippen LogP contribution in [0.5, 0.6) is 5.75 Å². The summed E-state index contributed by atoms with van der Waals surface area (Å²) in [4.78, 5) is 11.7.